The Labute approximate surface area is 111 Å². The molecule has 110 valence electrons. The molecule has 0 aliphatic rings. The summed E-state index contributed by atoms with van der Waals surface area (Å²) in [7, 11) is 1.49. The van der Waals surface area contributed by atoms with Crippen LogP contribution in [0.4, 0.5) is 8.78 Å². The number of aliphatic hydroxyl groups excluding tert-OH is 1. The topological polar surface area (TPSA) is 56.5 Å². The van der Waals surface area contributed by atoms with Crippen LogP contribution in [-0.4, -0.2) is 41.6 Å². The maximum atomic E-state index is 11.9. The summed E-state index contributed by atoms with van der Waals surface area (Å²) in [5.41, 5.74) is 0.540. The van der Waals surface area contributed by atoms with E-state index >= 15 is 0 Å². The number of nitrogens with zero attached hydrogens (tertiary/aromatic N) is 2. The fourth-order valence-electron chi connectivity index (χ4n) is 1.75. The van der Waals surface area contributed by atoms with Gasteiger partial charge in [-0.3, -0.25) is 4.68 Å². The lowest BCUT2D eigenvalue weighted by Gasteiger charge is -2.17. The zero-order valence-electron chi connectivity index (χ0n) is 11.3. The fourth-order valence-corrected chi connectivity index (χ4v) is 1.75. The van der Waals surface area contributed by atoms with Crippen LogP contribution >= 0.6 is 0 Å². The third-order valence-corrected chi connectivity index (χ3v) is 2.60. The van der Waals surface area contributed by atoms with Crippen molar-refractivity contribution in [3.63, 3.8) is 0 Å². The van der Waals surface area contributed by atoms with Gasteiger partial charge in [0.25, 0.3) is 6.43 Å². The Morgan fingerprint density at radius 3 is 2.63 bits per heavy atom. The Morgan fingerprint density at radius 1 is 1.42 bits per heavy atom. The average Bonchev–Trinajstić information content (AvgIpc) is 2.77. The number of hydrogen-bond acceptors (Lipinski definition) is 4. The van der Waals surface area contributed by atoms with Crippen LogP contribution in [0.1, 0.15) is 38.1 Å². The zero-order valence-corrected chi connectivity index (χ0v) is 11.3. The normalized spacial score (nSPS) is 13.3. The molecule has 0 aliphatic heterocycles. The molecule has 0 fully saturated rings. The molecule has 0 spiro atoms. The van der Waals surface area contributed by atoms with Crippen molar-refractivity contribution in [3.8, 4) is 5.75 Å². The first-order valence-corrected chi connectivity index (χ1v) is 6.12. The van der Waals surface area contributed by atoms with Gasteiger partial charge in [-0.05, 0) is 13.8 Å². The summed E-state index contributed by atoms with van der Waals surface area (Å²) in [5, 5.41) is 14.2. The van der Waals surface area contributed by atoms with Gasteiger partial charge in [0.15, 0.2) is 5.75 Å². The number of hydrogen-bond donors (Lipinski definition) is 1. The maximum absolute atomic E-state index is 11.9. The highest BCUT2D eigenvalue weighted by atomic mass is 19.3. The molecule has 1 N–H and O–H groups in total. The Balaban J connectivity index is 2.64. The molecule has 7 heteroatoms. The molecule has 1 aromatic heterocycles. The third kappa shape index (κ3) is 4.43. The van der Waals surface area contributed by atoms with Gasteiger partial charge in [0, 0.05) is 19.1 Å². The smallest absolute Gasteiger partial charge is 0.261 e. The highest BCUT2D eigenvalue weighted by molar-refractivity contribution is 5.27. The van der Waals surface area contributed by atoms with Crippen molar-refractivity contribution in [2.24, 2.45) is 0 Å². The molecule has 1 unspecified atom stereocenters. The van der Waals surface area contributed by atoms with Gasteiger partial charge in [0.05, 0.1) is 13.3 Å². The van der Waals surface area contributed by atoms with E-state index in [-0.39, 0.29) is 19.1 Å². The largest absolute Gasteiger partial charge is 0.493 e. The van der Waals surface area contributed by atoms with Crippen molar-refractivity contribution in [3.05, 3.63) is 11.9 Å². The van der Waals surface area contributed by atoms with Crippen LogP contribution in [0.2, 0.25) is 0 Å². The molecule has 1 atom stereocenters. The lowest BCUT2D eigenvalue weighted by Crippen LogP contribution is -2.14. The third-order valence-electron chi connectivity index (χ3n) is 2.60. The minimum absolute atomic E-state index is 0.0535. The van der Waals surface area contributed by atoms with Crippen LogP contribution in [0.5, 0.6) is 5.75 Å². The van der Waals surface area contributed by atoms with E-state index in [1.165, 1.54) is 13.3 Å². The summed E-state index contributed by atoms with van der Waals surface area (Å²) in [6.07, 6.45) is -1.62. The van der Waals surface area contributed by atoms with Crippen LogP contribution in [0.15, 0.2) is 6.20 Å². The molecule has 19 heavy (non-hydrogen) atoms. The van der Waals surface area contributed by atoms with E-state index in [1.54, 1.807) is 4.68 Å². The molecule has 0 radical (unpaired) electrons. The summed E-state index contributed by atoms with van der Waals surface area (Å²) in [6.45, 7) is 3.29. The summed E-state index contributed by atoms with van der Waals surface area (Å²) in [4.78, 5) is 0. The van der Waals surface area contributed by atoms with Gasteiger partial charge in [0.2, 0.25) is 0 Å². The lowest BCUT2D eigenvalue weighted by atomic mass is 10.1. The van der Waals surface area contributed by atoms with Crippen molar-refractivity contribution in [1.29, 1.82) is 0 Å². The van der Waals surface area contributed by atoms with Gasteiger partial charge in [0.1, 0.15) is 18.4 Å². The van der Waals surface area contributed by atoms with Gasteiger partial charge in [-0.2, -0.15) is 5.10 Å². The predicted octanol–water partition coefficient (Wildman–Crippen LogP) is 2.18. The second-order valence-electron chi connectivity index (χ2n) is 4.41. The number of rotatable bonds is 8. The van der Waals surface area contributed by atoms with Gasteiger partial charge >= 0.3 is 0 Å². The van der Waals surface area contributed by atoms with Crippen LogP contribution < -0.4 is 4.74 Å². The molecule has 1 rings (SSSR count). The van der Waals surface area contributed by atoms with E-state index in [2.05, 4.69) is 5.10 Å². The Kier molecular flexibility index (Phi) is 6.17. The van der Waals surface area contributed by atoms with Crippen molar-refractivity contribution in [1.82, 2.24) is 9.78 Å². The van der Waals surface area contributed by atoms with E-state index in [9.17, 15) is 13.9 Å². The van der Waals surface area contributed by atoms with Gasteiger partial charge < -0.3 is 14.6 Å². The maximum Gasteiger partial charge on any atom is 0.261 e. The van der Waals surface area contributed by atoms with Crippen LogP contribution in [0.25, 0.3) is 0 Å². The highest BCUT2D eigenvalue weighted by Gasteiger charge is 2.21. The van der Waals surface area contributed by atoms with Crippen molar-refractivity contribution >= 4 is 0 Å². The Hall–Kier alpha value is -1.21. The minimum atomic E-state index is -2.49. The molecule has 0 amide bonds. The first-order valence-electron chi connectivity index (χ1n) is 6.12. The molecule has 1 aromatic rings. The summed E-state index contributed by atoms with van der Waals surface area (Å²) >= 11 is 0. The number of ether oxygens (including phenoxy) is 2. The van der Waals surface area contributed by atoms with Crippen molar-refractivity contribution < 1.29 is 23.4 Å². The SMILES string of the molecule is COc1cnn(C(C)C)c1C(O)CCOCC(F)F. The molecule has 0 saturated carbocycles. The highest BCUT2D eigenvalue weighted by Crippen LogP contribution is 2.29. The summed E-state index contributed by atoms with van der Waals surface area (Å²) in [5.74, 6) is 0.482. The van der Waals surface area contributed by atoms with E-state index in [4.69, 9.17) is 9.47 Å². The molecule has 0 aromatic carbocycles. The van der Waals surface area contributed by atoms with Gasteiger partial charge in [-0.15, -0.1) is 0 Å². The molecular weight excluding hydrogens is 258 g/mol. The molecule has 0 aliphatic carbocycles. The Bertz CT molecular complexity index is 383. The predicted molar refractivity (Wildman–Crippen MR) is 65.6 cm³/mol. The fraction of sp³-hybridized carbons (Fsp3) is 0.750. The quantitative estimate of drug-likeness (QED) is 0.740. The van der Waals surface area contributed by atoms with E-state index in [0.717, 1.165) is 0 Å². The molecule has 5 nitrogen and oxygen atoms in total. The van der Waals surface area contributed by atoms with E-state index in [0.29, 0.717) is 11.4 Å². The zero-order chi connectivity index (χ0) is 14.4. The molecular formula is C12H20F2N2O3. The van der Waals surface area contributed by atoms with Crippen LogP contribution in [0, 0.1) is 0 Å². The number of aliphatic hydroxyl groups is 1. The number of aromatic nitrogens is 2. The summed E-state index contributed by atoms with van der Waals surface area (Å²) in [6, 6.07) is 0.0653. The van der Waals surface area contributed by atoms with Crippen molar-refractivity contribution in [2.45, 2.75) is 38.8 Å². The van der Waals surface area contributed by atoms with Crippen LogP contribution in [-0.2, 0) is 4.74 Å². The lowest BCUT2D eigenvalue weighted by molar-refractivity contribution is 0.00360. The first-order chi connectivity index (χ1) is 8.97. The number of alkyl halides is 2. The average molecular weight is 278 g/mol. The number of halogens is 2. The van der Waals surface area contributed by atoms with E-state index < -0.39 is 19.1 Å². The van der Waals surface area contributed by atoms with E-state index in [1.807, 2.05) is 13.8 Å². The van der Waals surface area contributed by atoms with Gasteiger partial charge in [-0.25, -0.2) is 8.78 Å². The summed E-state index contributed by atoms with van der Waals surface area (Å²) < 4.78 is 35.3. The molecule has 0 bridgehead atoms. The first kappa shape index (κ1) is 15.8. The molecule has 1 heterocycles. The minimum Gasteiger partial charge on any atom is -0.493 e. The monoisotopic (exact) mass is 278 g/mol. The van der Waals surface area contributed by atoms with Crippen LogP contribution in [0.3, 0.4) is 0 Å². The standard InChI is InChI=1S/C12H20F2N2O3/c1-8(2)16-12(10(18-3)6-15-16)9(17)4-5-19-7-11(13)14/h6,8-9,11,17H,4-5,7H2,1-3H3. The second kappa shape index (κ2) is 7.40. The second-order valence-corrected chi connectivity index (χ2v) is 4.41. The number of methoxy groups -OCH3 is 1. The van der Waals surface area contributed by atoms with Gasteiger partial charge in [-0.1, -0.05) is 0 Å². The van der Waals surface area contributed by atoms with Crippen molar-refractivity contribution in [2.75, 3.05) is 20.3 Å². The molecule has 0 saturated heterocycles. The Morgan fingerprint density at radius 2 is 2.11 bits per heavy atom.